The van der Waals surface area contributed by atoms with Gasteiger partial charge in [-0.05, 0) is 18.6 Å². The predicted molar refractivity (Wildman–Crippen MR) is 61.0 cm³/mol. The van der Waals surface area contributed by atoms with Crippen LogP contribution in [0.3, 0.4) is 0 Å². The molecule has 96 valence electrons. The van der Waals surface area contributed by atoms with Crippen molar-refractivity contribution in [2.75, 3.05) is 0 Å². The number of carbonyl (C=O) groups is 1. The van der Waals surface area contributed by atoms with Crippen LogP contribution >= 0.6 is 11.3 Å². The van der Waals surface area contributed by atoms with E-state index in [9.17, 15) is 18.0 Å². The van der Waals surface area contributed by atoms with Gasteiger partial charge in [-0.15, -0.1) is 11.3 Å². The van der Waals surface area contributed by atoms with Crippen molar-refractivity contribution < 1.29 is 23.1 Å². The maximum atomic E-state index is 12.8. The Labute approximate surface area is 104 Å². The van der Waals surface area contributed by atoms with Crippen molar-refractivity contribution in [3.8, 4) is 0 Å². The zero-order valence-corrected chi connectivity index (χ0v) is 10.0. The summed E-state index contributed by atoms with van der Waals surface area (Å²) in [6, 6.07) is 1.85. The highest BCUT2D eigenvalue weighted by Crippen LogP contribution is 2.37. The smallest absolute Gasteiger partial charge is 0.418 e. The Morgan fingerprint density at radius 3 is 2.61 bits per heavy atom. The molecule has 18 heavy (non-hydrogen) atoms. The number of fused-ring (bicyclic) bond motifs is 1. The number of nitrogens with zero attached hydrogens (tertiary/aromatic N) is 1. The zero-order chi connectivity index (χ0) is 13.5. The number of hydrogen-bond acceptors (Lipinski definition) is 3. The van der Waals surface area contributed by atoms with Crippen molar-refractivity contribution in [2.45, 2.75) is 19.5 Å². The molecule has 1 aromatic carbocycles. The molecule has 3 nitrogen and oxygen atoms in total. The van der Waals surface area contributed by atoms with Gasteiger partial charge in [-0.25, -0.2) is 9.78 Å². The maximum Gasteiger partial charge on any atom is 0.418 e. The van der Waals surface area contributed by atoms with Crippen molar-refractivity contribution in [3.63, 3.8) is 0 Å². The average Bonchev–Trinajstić information content (AvgIpc) is 2.68. The van der Waals surface area contributed by atoms with Gasteiger partial charge in [0.2, 0.25) is 0 Å². The van der Waals surface area contributed by atoms with Gasteiger partial charge >= 0.3 is 12.1 Å². The number of carboxylic acid groups (broad SMARTS) is 1. The molecular weight excluding hydrogens is 267 g/mol. The van der Waals surface area contributed by atoms with Crippen molar-refractivity contribution in [1.82, 2.24) is 4.98 Å². The first-order chi connectivity index (χ1) is 8.32. The highest BCUT2D eigenvalue weighted by atomic mass is 32.1. The first-order valence-electron chi connectivity index (χ1n) is 5.07. The molecule has 0 aliphatic heterocycles. The number of aromatic carboxylic acids is 1. The molecule has 1 heterocycles. The van der Waals surface area contributed by atoms with Crippen molar-refractivity contribution in [3.05, 3.63) is 28.3 Å². The molecule has 0 aliphatic rings. The Bertz CT molecular complexity index is 619. The first kappa shape index (κ1) is 12.8. The lowest BCUT2D eigenvalue weighted by Crippen LogP contribution is -2.08. The number of alkyl halides is 3. The second-order valence-electron chi connectivity index (χ2n) is 3.63. The van der Waals surface area contributed by atoms with Crippen LogP contribution in [0.15, 0.2) is 12.1 Å². The first-order valence-corrected chi connectivity index (χ1v) is 5.88. The van der Waals surface area contributed by atoms with E-state index in [0.717, 1.165) is 11.3 Å². The molecule has 2 rings (SSSR count). The van der Waals surface area contributed by atoms with E-state index in [1.165, 1.54) is 6.07 Å². The minimum Gasteiger partial charge on any atom is -0.478 e. The molecule has 0 amide bonds. The quantitative estimate of drug-likeness (QED) is 0.911. The molecule has 1 aromatic heterocycles. The van der Waals surface area contributed by atoms with Gasteiger partial charge in [-0.1, -0.05) is 6.92 Å². The Balaban J connectivity index is 2.79. The van der Waals surface area contributed by atoms with E-state index in [1.54, 1.807) is 6.92 Å². The van der Waals surface area contributed by atoms with Crippen LogP contribution in [0.5, 0.6) is 0 Å². The summed E-state index contributed by atoms with van der Waals surface area (Å²) >= 11 is 1.08. The second-order valence-corrected chi connectivity index (χ2v) is 4.75. The largest absolute Gasteiger partial charge is 0.478 e. The molecule has 0 unspecified atom stereocenters. The number of halogens is 3. The topological polar surface area (TPSA) is 50.2 Å². The molecule has 2 aromatic rings. The Hall–Kier alpha value is -1.63. The number of thiazole rings is 1. The fourth-order valence-corrected chi connectivity index (χ4v) is 2.54. The van der Waals surface area contributed by atoms with Gasteiger partial charge in [-0.2, -0.15) is 13.2 Å². The molecule has 7 heteroatoms. The molecular formula is C11H8F3NO2S. The Morgan fingerprint density at radius 2 is 2.11 bits per heavy atom. The number of aryl methyl sites for hydroxylation is 1. The minimum absolute atomic E-state index is 0.172. The van der Waals surface area contributed by atoms with Crippen LogP contribution in [0, 0.1) is 0 Å². The summed E-state index contributed by atoms with van der Waals surface area (Å²) in [7, 11) is 0. The molecule has 0 atom stereocenters. The van der Waals surface area contributed by atoms with E-state index < -0.39 is 17.7 Å². The van der Waals surface area contributed by atoms with E-state index in [-0.39, 0.29) is 15.8 Å². The highest BCUT2D eigenvalue weighted by molar-refractivity contribution is 7.18. The van der Waals surface area contributed by atoms with Gasteiger partial charge in [0.1, 0.15) is 0 Å². The highest BCUT2D eigenvalue weighted by Gasteiger charge is 2.35. The normalized spacial score (nSPS) is 12.0. The number of aromatic nitrogens is 1. The van der Waals surface area contributed by atoms with Gasteiger partial charge in [0.05, 0.1) is 26.4 Å². The number of carboxylic acids is 1. The zero-order valence-electron chi connectivity index (χ0n) is 9.21. The molecule has 1 N–H and O–H groups in total. The lowest BCUT2D eigenvalue weighted by molar-refractivity contribution is -0.136. The molecule has 0 fully saturated rings. The average molecular weight is 275 g/mol. The Morgan fingerprint density at radius 1 is 1.44 bits per heavy atom. The summed E-state index contributed by atoms with van der Waals surface area (Å²) in [5, 5.41) is 9.37. The Kier molecular flexibility index (Phi) is 3.02. The van der Waals surface area contributed by atoms with Crippen LogP contribution in [-0.4, -0.2) is 16.1 Å². The van der Waals surface area contributed by atoms with Crippen LogP contribution in [0.25, 0.3) is 10.2 Å². The maximum absolute atomic E-state index is 12.8. The summed E-state index contributed by atoms with van der Waals surface area (Å²) in [6.45, 7) is 1.78. The summed E-state index contributed by atoms with van der Waals surface area (Å²) in [4.78, 5) is 14.7. The fraction of sp³-hybridized carbons (Fsp3) is 0.273. The number of hydrogen-bond donors (Lipinski definition) is 1. The molecule has 0 bridgehead atoms. The molecule has 0 spiro atoms. The van der Waals surface area contributed by atoms with Crippen LogP contribution in [0.4, 0.5) is 13.2 Å². The second kappa shape index (κ2) is 4.24. The van der Waals surface area contributed by atoms with Crippen molar-refractivity contribution >= 4 is 27.5 Å². The summed E-state index contributed by atoms with van der Waals surface area (Å²) in [5.74, 6) is -1.38. The van der Waals surface area contributed by atoms with Crippen LogP contribution in [-0.2, 0) is 12.6 Å². The monoisotopic (exact) mass is 275 g/mol. The molecule has 0 saturated carbocycles. The van der Waals surface area contributed by atoms with Gasteiger partial charge < -0.3 is 5.11 Å². The number of benzene rings is 1. The predicted octanol–water partition coefficient (Wildman–Crippen LogP) is 3.58. The molecule has 0 aliphatic carbocycles. The van der Waals surface area contributed by atoms with Crippen LogP contribution < -0.4 is 0 Å². The van der Waals surface area contributed by atoms with Crippen molar-refractivity contribution in [1.29, 1.82) is 0 Å². The lowest BCUT2D eigenvalue weighted by atomic mass is 10.1. The lowest BCUT2D eigenvalue weighted by Gasteiger charge is -2.08. The summed E-state index contributed by atoms with van der Waals surface area (Å²) in [6.07, 6.45) is -4.10. The van der Waals surface area contributed by atoms with E-state index in [1.807, 2.05) is 0 Å². The van der Waals surface area contributed by atoms with Gasteiger partial charge in [-0.3, -0.25) is 0 Å². The molecule has 0 saturated heterocycles. The van der Waals surface area contributed by atoms with Gasteiger partial charge in [0, 0.05) is 0 Å². The molecule has 0 radical (unpaired) electrons. The van der Waals surface area contributed by atoms with Crippen LogP contribution in [0.2, 0.25) is 0 Å². The summed E-state index contributed by atoms with van der Waals surface area (Å²) < 4.78 is 38.8. The minimum atomic E-state index is -4.61. The third kappa shape index (κ3) is 2.17. The van der Waals surface area contributed by atoms with Gasteiger partial charge in [0.25, 0.3) is 0 Å². The third-order valence-corrected chi connectivity index (χ3v) is 3.54. The SMILES string of the molecule is CCc1nc2c(C(F)(F)F)cc(C(=O)O)cc2s1. The van der Waals surface area contributed by atoms with E-state index >= 15 is 0 Å². The van der Waals surface area contributed by atoms with Crippen molar-refractivity contribution in [2.24, 2.45) is 0 Å². The third-order valence-electron chi connectivity index (χ3n) is 2.39. The fourth-order valence-electron chi connectivity index (χ4n) is 1.57. The van der Waals surface area contributed by atoms with E-state index in [0.29, 0.717) is 17.5 Å². The van der Waals surface area contributed by atoms with E-state index in [2.05, 4.69) is 4.98 Å². The van der Waals surface area contributed by atoms with Crippen LogP contribution in [0.1, 0.15) is 27.9 Å². The van der Waals surface area contributed by atoms with E-state index in [4.69, 9.17) is 5.11 Å². The van der Waals surface area contributed by atoms with Gasteiger partial charge in [0.15, 0.2) is 0 Å². The standard InChI is InChI=1S/C11H8F3NO2S/c1-2-8-15-9-6(11(12,13)14)3-5(10(16)17)4-7(9)18-8/h3-4H,2H2,1H3,(H,16,17). The number of rotatable bonds is 2. The summed E-state index contributed by atoms with van der Waals surface area (Å²) in [5.41, 5.74) is -1.54.